The molecule has 0 bridgehead atoms. The van der Waals surface area contributed by atoms with Crippen molar-refractivity contribution in [3.63, 3.8) is 0 Å². The van der Waals surface area contributed by atoms with Gasteiger partial charge in [0.1, 0.15) is 6.26 Å². The second-order valence-electron chi connectivity index (χ2n) is 4.50. The molecule has 0 radical (unpaired) electrons. The van der Waals surface area contributed by atoms with E-state index in [0.29, 0.717) is 19.8 Å². The van der Waals surface area contributed by atoms with E-state index in [-0.39, 0.29) is 22.6 Å². The lowest BCUT2D eigenvalue weighted by Gasteiger charge is -2.34. The summed E-state index contributed by atoms with van der Waals surface area (Å²) in [6, 6.07) is 1.26. The Kier molecular flexibility index (Phi) is 4.46. The number of hydrogen-bond donors (Lipinski definition) is 1. The van der Waals surface area contributed by atoms with Crippen molar-refractivity contribution in [1.29, 1.82) is 0 Å². The summed E-state index contributed by atoms with van der Waals surface area (Å²) < 4.78 is 35.6. The van der Waals surface area contributed by atoms with Gasteiger partial charge in [0.25, 0.3) is 15.9 Å². The average molecular weight is 302 g/mol. The van der Waals surface area contributed by atoms with Crippen LogP contribution in [0.15, 0.2) is 21.8 Å². The third-order valence-corrected chi connectivity index (χ3v) is 4.60. The van der Waals surface area contributed by atoms with Crippen LogP contribution >= 0.6 is 0 Å². The topological polar surface area (TPSA) is 88.8 Å². The Morgan fingerprint density at radius 1 is 1.55 bits per heavy atom. The Hall–Kier alpha value is -1.38. The highest BCUT2D eigenvalue weighted by atomic mass is 32.2. The van der Waals surface area contributed by atoms with E-state index in [1.54, 1.807) is 4.90 Å². The Labute approximate surface area is 117 Å². The number of carbonyl (C=O) groups is 1. The zero-order valence-corrected chi connectivity index (χ0v) is 12.3. The normalized spacial score (nSPS) is 20.1. The van der Waals surface area contributed by atoms with E-state index in [2.05, 4.69) is 4.72 Å². The van der Waals surface area contributed by atoms with E-state index in [0.717, 1.165) is 6.42 Å². The highest BCUT2D eigenvalue weighted by Gasteiger charge is 2.29. The van der Waals surface area contributed by atoms with Gasteiger partial charge in [0.05, 0.1) is 24.8 Å². The second-order valence-corrected chi connectivity index (χ2v) is 6.32. The molecule has 1 aliphatic heterocycles. The number of amides is 1. The fourth-order valence-corrected chi connectivity index (χ4v) is 2.75. The second kappa shape index (κ2) is 5.94. The highest BCUT2D eigenvalue weighted by molar-refractivity contribution is 7.89. The van der Waals surface area contributed by atoms with Gasteiger partial charge >= 0.3 is 0 Å². The molecule has 1 atom stereocenters. The molecule has 0 aliphatic carbocycles. The van der Waals surface area contributed by atoms with Gasteiger partial charge in [-0.1, -0.05) is 6.92 Å². The number of rotatable bonds is 4. The standard InChI is InChI=1S/C12H18N2O5S/c1-3-10-8-18-5-4-14(10)12(15)9-6-11(19-7-9)20(16,17)13-2/h6-7,10,13H,3-5,8H2,1-2H3. The molecule has 1 amide bonds. The first-order valence-corrected chi connectivity index (χ1v) is 7.88. The molecule has 112 valence electrons. The molecule has 1 N–H and O–H groups in total. The lowest BCUT2D eigenvalue weighted by Crippen LogP contribution is -2.48. The summed E-state index contributed by atoms with van der Waals surface area (Å²) >= 11 is 0. The van der Waals surface area contributed by atoms with Crippen molar-refractivity contribution in [3.8, 4) is 0 Å². The molecule has 8 heteroatoms. The first-order chi connectivity index (χ1) is 9.49. The van der Waals surface area contributed by atoms with Crippen molar-refractivity contribution in [3.05, 3.63) is 17.9 Å². The molecule has 1 unspecified atom stereocenters. The number of nitrogens with one attached hydrogen (secondary N) is 1. The van der Waals surface area contributed by atoms with E-state index in [1.165, 1.54) is 19.4 Å². The lowest BCUT2D eigenvalue weighted by atomic mass is 10.1. The van der Waals surface area contributed by atoms with Crippen LogP contribution in [0.4, 0.5) is 0 Å². The summed E-state index contributed by atoms with van der Waals surface area (Å²) in [5, 5.41) is -0.260. The molecule has 2 heterocycles. The first-order valence-electron chi connectivity index (χ1n) is 6.40. The van der Waals surface area contributed by atoms with Gasteiger partial charge in [0.2, 0.25) is 5.09 Å². The Morgan fingerprint density at radius 3 is 2.95 bits per heavy atom. The van der Waals surface area contributed by atoms with E-state index >= 15 is 0 Å². The van der Waals surface area contributed by atoms with E-state index in [9.17, 15) is 13.2 Å². The smallest absolute Gasteiger partial charge is 0.273 e. The molecule has 0 saturated carbocycles. The number of nitrogens with zero attached hydrogens (tertiary/aromatic N) is 1. The number of ether oxygens (including phenoxy) is 1. The van der Waals surface area contributed by atoms with Crippen molar-refractivity contribution >= 4 is 15.9 Å². The monoisotopic (exact) mass is 302 g/mol. The third-order valence-electron chi connectivity index (χ3n) is 3.32. The Morgan fingerprint density at radius 2 is 2.30 bits per heavy atom. The summed E-state index contributed by atoms with van der Waals surface area (Å²) in [6.45, 7) is 3.46. The number of carbonyl (C=O) groups excluding carboxylic acids is 1. The molecule has 1 aliphatic rings. The van der Waals surface area contributed by atoms with Gasteiger partial charge in [-0.15, -0.1) is 0 Å². The van der Waals surface area contributed by atoms with Gasteiger partial charge in [-0.05, 0) is 13.5 Å². The maximum absolute atomic E-state index is 12.4. The molecule has 1 aromatic heterocycles. The minimum Gasteiger partial charge on any atom is -0.451 e. The fourth-order valence-electron chi connectivity index (χ4n) is 2.10. The van der Waals surface area contributed by atoms with Crippen LogP contribution in [0.3, 0.4) is 0 Å². The van der Waals surface area contributed by atoms with Crippen molar-refractivity contribution in [1.82, 2.24) is 9.62 Å². The van der Waals surface area contributed by atoms with Crippen LogP contribution in [-0.4, -0.2) is 52.1 Å². The number of morpholine rings is 1. The minimum absolute atomic E-state index is 0.00973. The quantitative estimate of drug-likeness (QED) is 0.871. The molecule has 0 spiro atoms. The summed E-state index contributed by atoms with van der Waals surface area (Å²) in [5.41, 5.74) is 0.235. The zero-order chi connectivity index (χ0) is 14.8. The molecular formula is C12H18N2O5S. The van der Waals surface area contributed by atoms with E-state index < -0.39 is 10.0 Å². The van der Waals surface area contributed by atoms with Crippen LogP contribution < -0.4 is 4.72 Å². The highest BCUT2D eigenvalue weighted by Crippen LogP contribution is 2.19. The molecular weight excluding hydrogens is 284 g/mol. The lowest BCUT2D eigenvalue weighted by molar-refractivity contribution is -0.00283. The van der Waals surface area contributed by atoms with Gasteiger partial charge in [0.15, 0.2) is 0 Å². The van der Waals surface area contributed by atoms with E-state index in [1.807, 2.05) is 6.92 Å². The van der Waals surface area contributed by atoms with Crippen LogP contribution in [0, 0.1) is 0 Å². The summed E-state index contributed by atoms with van der Waals surface area (Å²) in [6.07, 6.45) is 1.96. The van der Waals surface area contributed by atoms with Crippen LogP contribution in [-0.2, 0) is 14.8 Å². The number of furan rings is 1. The number of hydrogen-bond acceptors (Lipinski definition) is 5. The molecule has 1 fully saturated rings. The molecule has 7 nitrogen and oxygen atoms in total. The van der Waals surface area contributed by atoms with Gasteiger partial charge in [-0.3, -0.25) is 4.79 Å². The maximum Gasteiger partial charge on any atom is 0.273 e. The van der Waals surface area contributed by atoms with Gasteiger partial charge < -0.3 is 14.1 Å². The predicted octanol–water partition coefficient (Wildman–Crippen LogP) is 0.439. The van der Waals surface area contributed by atoms with Gasteiger partial charge in [-0.25, -0.2) is 13.1 Å². The molecule has 20 heavy (non-hydrogen) atoms. The SMILES string of the molecule is CCC1COCCN1C(=O)c1coc(S(=O)(=O)NC)c1. The summed E-state index contributed by atoms with van der Waals surface area (Å²) in [7, 11) is -2.39. The van der Waals surface area contributed by atoms with Crippen molar-refractivity contribution in [2.75, 3.05) is 26.8 Å². The van der Waals surface area contributed by atoms with Crippen molar-refractivity contribution in [2.24, 2.45) is 0 Å². The average Bonchev–Trinajstić information content (AvgIpc) is 2.97. The summed E-state index contributed by atoms with van der Waals surface area (Å²) in [4.78, 5) is 14.1. The minimum atomic E-state index is -3.67. The largest absolute Gasteiger partial charge is 0.451 e. The molecule has 1 saturated heterocycles. The van der Waals surface area contributed by atoms with Crippen molar-refractivity contribution < 1.29 is 22.4 Å². The molecule has 1 aromatic rings. The fraction of sp³-hybridized carbons (Fsp3) is 0.583. The third kappa shape index (κ3) is 2.87. The summed E-state index contributed by atoms with van der Waals surface area (Å²) in [5.74, 6) is -0.235. The Balaban J connectivity index is 2.21. The first kappa shape index (κ1) is 15.0. The Bertz CT molecular complexity index is 580. The number of sulfonamides is 1. The van der Waals surface area contributed by atoms with Crippen LogP contribution in [0.5, 0.6) is 0 Å². The maximum atomic E-state index is 12.4. The van der Waals surface area contributed by atoms with E-state index in [4.69, 9.17) is 9.15 Å². The molecule has 2 rings (SSSR count). The zero-order valence-electron chi connectivity index (χ0n) is 11.5. The van der Waals surface area contributed by atoms with Crippen molar-refractivity contribution in [2.45, 2.75) is 24.5 Å². The van der Waals surface area contributed by atoms with Crippen LogP contribution in [0.25, 0.3) is 0 Å². The molecule has 0 aromatic carbocycles. The van der Waals surface area contributed by atoms with Gasteiger partial charge in [0, 0.05) is 12.6 Å². The van der Waals surface area contributed by atoms with Crippen LogP contribution in [0.2, 0.25) is 0 Å². The van der Waals surface area contributed by atoms with Crippen LogP contribution in [0.1, 0.15) is 23.7 Å². The van der Waals surface area contributed by atoms with Gasteiger partial charge in [-0.2, -0.15) is 0 Å². The predicted molar refractivity (Wildman–Crippen MR) is 70.9 cm³/mol.